The Morgan fingerprint density at radius 2 is 1.62 bits per heavy atom. The fraction of sp³-hybridized carbons (Fsp3) is 0.692. The summed E-state index contributed by atoms with van der Waals surface area (Å²) < 4.78 is 22.0. The highest BCUT2D eigenvalue weighted by atomic mass is 16.5. The second-order valence-electron chi connectivity index (χ2n) is 9.12. The van der Waals surface area contributed by atoms with E-state index in [9.17, 15) is 9.59 Å². The van der Waals surface area contributed by atoms with Crippen molar-refractivity contribution in [2.24, 2.45) is 5.92 Å². The number of carbonyl (C=O) groups excluding carboxylic acids is 2. The van der Waals surface area contributed by atoms with Gasteiger partial charge in [0.15, 0.2) is 11.5 Å². The second-order valence-corrected chi connectivity index (χ2v) is 9.12. The number of nitrogens with zero attached hydrogens (tertiary/aromatic N) is 1. The number of hydrogen-bond donors (Lipinski definition) is 1. The molecule has 1 aromatic carbocycles. The number of piperidine rings is 1. The van der Waals surface area contributed by atoms with E-state index in [2.05, 4.69) is 0 Å². The largest absolute Gasteiger partial charge is 0.493 e. The van der Waals surface area contributed by atoms with Crippen LogP contribution in [0.5, 0.6) is 17.2 Å². The van der Waals surface area contributed by atoms with Crippen molar-refractivity contribution in [3.05, 3.63) is 17.7 Å². The van der Waals surface area contributed by atoms with E-state index in [1.807, 2.05) is 12.1 Å². The smallest absolute Gasteiger partial charge is 0.328 e. The molecule has 0 bridgehead atoms. The van der Waals surface area contributed by atoms with Gasteiger partial charge < -0.3 is 29.0 Å². The van der Waals surface area contributed by atoms with E-state index in [0.717, 1.165) is 44.1 Å². The van der Waals surface area contributed by atoms with E-state index >= 15 is 0 Å². The van der Waals surface area contributed by atoms with Gasteiger partial charge in [0.1, 0.15) is 6.04 Å². The summed E-state index contributed by atoms with van der Waals surface area (Å²) in [6, 6.07) is 3.15. The summed E-state index contributed by atoms with van der Waals surface area (Å²) in [4.78, 5) is 28.7. The Morgan fingerprint density at radius 1 is 0.971 bits per heavy atom. The highest BCUT2D eigenvalue weighted by Gasteiger charge is 2.40. The van der Waals surface area contributed by atoms with Crippen molar-refractivity contribution in [2.45, 2.75) is 69.7 Å². The summed E-state index contributed by atoms with van der Waals surface area (Å²) >= 11 is 0. The topological polar surface area (TPSA) is 94.5 Å². The predicted molar refractivity (Wildman–Crippen MR) is 127 cm³/mol. The minimum Gasteiger partial charge on any atom is -0.493 e. The van der Waals surface area contributed by atoms with E-state index in [-0.39, 0.29) is 31.0 Å². The van der Waals surface area contributed by atoms with E-state index < -0.39 is 12.0 Å². The quantitative estimate of drug-likeness (QED) is 0.406. The Labute approximate surface area is 202 Å². The Hall–Kier alpha value is -2.48. The van der Waals surface area contributed by atoms with Gasteiger partial charge in [0.2, 0.25) is 11.7 Å². The number of likely N-dealkylation sites (tertiary alicyclic amines) is 1. The molecule has 3 rings (SSSR count). The number of esters is 1. The van der Waals surface area contributed by atoms with Crippen LogP contribution in [0.4, 0.5) is 0 Å². The van der Waals surface area contributed by atoms with Crippen molar-refractivity contribution in [2.75, 3.05) is 41.1 Å². The zero-order valence-electron chi connectivity index (χ0n) is 20.7. The summed E-state index contributed by atoms with van der Waals surface area (Å²) in [6.45, 7) is 0.657. The number of rotatable bonds is 10. The number of carbonyl (C=O) groups is 2. The molecule has 1 aromatic rings. The molecule has 1 heterocycles. The van der Waals surface area contributed by atoms with Crippen LogP contribution in [-0.2, 0) is 14.3 Å². The third-order valence-corrected chi connectivity index (χ3v) is 7.04. The third kappa shape index (κ3) is 5.95. The number of benzene rings is 1. The maximum absolute atomic E-state index is 14.2. The van der Waals surface area contributed by atoms with Crippen LogP contribution in [0, 0.1) is 5.92 Å². The van der Waals surface area contributed by atoms with Crippen LogP contribution in [0.3, 0.4) is 0 Å². The van der Waals surface area contributed by atoms with Crippen LogP contribution < -0.4 is 14.2 Å². The number of methoxy groups -OCH3 is 3. The van der Waals surface area contributed by atoms with Gasteiger partial charge in [-0.3, -0.25) is 4.79 Å². The Balaban J connectivity index is 1.97. The van der Waals surface area contributed by atoms with Crippen LogP contribution in [0.2, 0.25) is 0 Å². The first-order chi connectivity index (χ1) is 16.5. The molecule has 0 radical (unpaired) electrons. The number of hydrogen-bond acceptors (Lipinski definition) is 7. The van der Waals surface area contributed by atoms with Crippen molar-refractivity contribution < 1.29 is 33.6 Å². The van der Waals surface area contributed by atoms with Gasteiger partial charge in [0, 0.05) is 19.6 Å². The van der Waals surface area contributed by atoms with E-state index in [0.29, 0.717) is 36.6 Å². The van der Waals surface area contributed by atoms with Gasteiger partial charge in [-0.2, -0.15) is 0 Å². The average Bonchev–Trinajstić information content (AvgIpc) is 2.88. The number of aliphatic hydroxyl groups is 1. The number of aliphatic hydroxyl groups excluding tert-OH is 1. The summed E-state index contributed by atoms with van der Waals surface area (Å²) in [5.41, 5.74) is 0.823. The first-order valence-electron chi connectivity index (χ1n) is 12.4. The minimum absolute atomic E-state index is 0.0362. The van der Waals surface area contributed by atoms with Crippen molar-refractivity contribution in [1.82, 2.24) is 4.90 Å². The molecule has 1 amide bonds. The molecule has 1 aliphatic carbocycles. The van der Waals surface area contributed by atoms with E-state index in [1.54, 1.807) is 26.2 Å². The van der Waals surface area contributed by atoms with Gasteiger partial charge >= 0.3 is 5.97 Å². The first-order valence-corrected chi connectivity index (χ1v) is 12.4. The molecule has 1 N–H and O–H groups in total. The molecule has 1 saturated carbocycles. The Bertz CT molecular complexity index is 796. The van der Waals surface area contributed by atoms with Crippen LogP contribution >= 0.6 is 0 Å². The fourth-order valence-corrected chi connectivity index (χ4v) is 5.32. The average molecular weight is 478 g/mol. The van der Waals surface area contributed by atoms with Crippen molar-refractivity contribution in [1.29, 1.82) is 0 Å². The molecule has 0 aromatic heterocycles. The highest BCUT2D eigenvalue weighted by Crippen LogP contribution is 2.45. The van der Waals surface area contributed by atoms with Crippen LogP contribution in [0.1, 0.15) is 69.3 Å². The molecule has 190 valence electrons. The molecule has 2 fully saturated rings. The molecular formula is C26H39NO7. The lowest BCUT2D eigenvalue weighted by Crippen LogP contribution is -2.51. The minimum atomic E-state index is -0.590. The zero-order valence-corrected chi connectivity index (χ0v) is 20.7. The van der Waals surface area contributed by atoms with Gasteiger partial charge in [0.25, 0.3) is 0 Å². The second kappa shape index (κ2) is 12.8. The third-order valence-electron chi connectivity index (χ3n) is 7.04. The normalized spacial score (nSPS) is 19.9. The molecule has 1 saturated heterocycles. The number of ether oxygens (including phenoxy) is 4. The zero-order chi connectivity index (χ0) is 24.5. The molecule has 1 unspecified atom stereocenters. The Kier molecular flexibility index (Phi) is 9.86. The van der Waals surface area contributed by atoms with Crippen LogP contribution in [-0.4, -0.2) is 69.0 Å². The van der Waals surface area contributed by atoms with Gasteiger partial charge in [0.05, 0.1) is 33.9 Å². The molecule has 0 spiro atoms. The van der Waals surface area contributed by atoms with Gasteiger partial charge in [-0.1, -0.05) is 19.3 Å². The monoisotopic (exact) mass is 477 g/mol. The molecule has 2 atom stereocenters. The van der Waals surface area contributed by atoms with E-state index in [4.69, 9.17) is 24.1 Å². The maximum Gasteiger partial charge on any atom is 0.328 e. The molecule has 8 heteroatoms. The lowest BCUT2D eigenvalue weighted by Gasteiger charge is -2.39. The maximum atomic E-state index is 14.2. The van der Waals surface area contributed by atoms with Gasteiger partial charge in [-0.25, -0.2) is 4.79 Å². The summed E-state index contributed by atoms with van der Waals surface area (Å²) in [5, 5.41) is 9.01. The molecule has 34 heavy (non-hydrogen) atoms. The summed E-state index contributed by atoms with van der Waals surface area (Å²) in [5.74, 6) is 0.885. The molecule has 8 nitrogen and oxygen atoms in total. The molecule has 1 aliphatic heterocycles. The fourth-order valence-electron chi connectivity index (χ4n) is 5.32. The lowest BCUT2D eigenvalue weighted by molar-refractivity contribution is -0.158. The van der Waals surface area contributed by atoms with Crippen LogP contribution in [0.25, 0.3) is 0 Å². The SMILES string of the molecule is COc1cc(C(C(=O)N2CCCC[C@H]2C(=O)OCCCO)C2CCCCC2)cc(OC)c1OC. The summed E-state index contributed by atoms with van der Waals surface area (Å²) in [7, 11) is 4.70. The van der Waals surface area contributed by atoms with Crippen molar-refractivity contribution >= 4 is 11.9 Å². The van der Waals surface area contributed by atoms with Crippen molar-refractivity contribution in [3.8, 4) is 17.2 Å². The number of amides is 1. The molecular weight excluding hydrogens is 438 g/mol. The van der Waals surface area contributed by atoms with Gasteiger partial charge in [-0.05, 0) is 55.7 Å². The first kappa shape index (κ1) is 26.1. The Morgan fingerprint density at radius 3 is 2.21 bits per heavy atom. The van der Waals surface area contributed by atoms with Crippen molar-refractivity contribution in [3.63, 3.8) is 0 Å². The highest BCUT2D eigenvalue weighted by molar-refractivity contribution is 5.89. The predicted octanol–water partition coefficient (Wildman–Crippen LogP) is 3.68. The molecule has 2 aliphatic rings. The lowest BCUT2D eigenvalue weighted by atomic mass is 9.75. The van der Waals surface area contributed by atoms with Gasteiger partial charge in [-0.15, -0.1) is 0 Å². The van der Waals surface area contributed by atoms with E-state index in [1.165, 1.54) is 6.42 Å². The standard InChI is InChI=1S/C26H39NO7/c1-31-21-16-19(17-22(32-2)24(21)33-3)23(18-10-5-4-6-11-18)25(29)27-13-8-7-12-20(27)26(30)34-15-9-14-28/h16-18,20,23,28H,4-15H2,1-3H3/t20-,23?/m0/s1. The van der Waals surface area contributed by atoms with Crippen LogP contribution in [0.15, 0.2) is 12.1 Å². The summed E-state index contributed by atoms with van der Waals surface area (Å²) in [6.07, 6.45) is 8.01.